The zero-order chi connectivity index (χ0) is 22.6. The topological polar surface area (TPSA) is 65.0 Å². The molecule has 0 aromatic heterocycles. The van der Waals surface area contributed by atoms with Crippen molar-refractivity contribution in [2.24, 2.45) is 17.3 Å². The van der Waals surface area contributed by atoms with Gasteiger partial charge in [-0.15, -0.1) is 0 Å². The molecule has 1 heterocycles. The van der Waals surface area contributed by atoms with Crippen molar-refractivity contribution in [1.29, 1.82) is 0 Å². The summed E-state index contributed by atoms with van der Waals surface area (Å²) in [6.45, 7) is 12.7. The Hall–Kier alpha value is -0.910. The Morgan fingerprint density at radius 3 is 2.50 bits per heavy atom. The van der Waals surface area contributed by atoms with Crippen LogP contribution < -0.4 is 0 Å². The monoisotopic (exact) mass is 424 g/mol. The second kappa shape index (κ2) is 10.1. The molecule has 5 nitrogen and oxygen atoms in total. The number of methoxy groups -OCH3 is 1. The van der Waals surface area contributed by atoms with E-state index in [-0.39, 0.29) is 29.0 Å². The van der Waals surface area contributed by atoms with Crippen LogP contribution in [0.4, 0.5) is 0 Å². The van der Waals surface area contributed by atoms with Crippen LogP contribution in [0.1, 0.15) is 99.3 Å². The van der Waals surface area contributed by atoms with Crippen LogP contribution in [0.15, 0.2) is 11.6 Å². The van der Waals surface area contributed by atoms with Crippen molar-refractivity contribution in [2.45, 2.75) is 117 Å². The normalized spacial score (nSPS) is 35.7. The summed E-state index contributed by atoms with van der Waals surface area (Å²) in [7, 11) is 1.40. The Balaban J connectivity index is 1.80. The number of aliphatic hydroxyl groups is 1. The molecule has 5 atom stereocenters. The lowest BCUT2D eigenvalue weighted by molar-refractivity contribution is -0.411. The van der Waals surface area contributed by atoms with Gasteiger partial charge in [0.2, 0.25) is 0 Å². The van der Waals surface area contributed by atoms with Gasteiger partial charge in [-0.3, -0.25) is 4.79 Å². The molecule has 1 saturated carbocycles. The Labute approximate surface area is 183 Å². The minimum Gasteiger partial charge on any atom is -0.469 e. The number of esters is 1. The number of carbonyl (C=O) groups is 1. The Morgan fingerprint density at radius 1 is 1.23 bits per heavy atom. The summed E-state index contributed by atoms with van der Waals surface area (Å²) in [6.07, 6.45) is 10.7. The van der Waals surface area contributed by atoms with Gasteiger partial charge >= 0.3 is 5.97 Å². The second-order valence-electron chi connectivity index (χ2n) is 10.7. The smallest absolute Gasteiger partial charge is 0.311 e. The molecule has 1 aliphatic heterocycles. The first-order valence-corrected chi connectivity index (χ1v) is 11.7. The minimum atomic E-state index is -0.585. The summed E-state index contributed by atoms with van der Waals surface area (Å²) in [6, 6.07) is 0. The number of rotatable bonds is 8. The quantitative estimate of drug-likeness (QED) is 0.305. The van der Waals surface area contributed by atoms with E-state index in [1.165, 1.54) is 19.1 Å². The van der Waals surface area contributed by atoms with Crippen LogP contribution in [0, 0.1) is 17.3 Å². The first kappa shape index (κ1) is 25.4. The predicted octanol–water partition coefficient (Wildman–Crippen LogP) is 5.75. The molecule has 2 aliphatic rings. The zero-order valence-electron chi connectivity index (χ0n) is 20.3. The number of hydrogen-bond donors (Lipinski definition) is 1. The molecular weight excluding hydrogens is 380 g/mol. The highest BCUT2D eigenvalue weighted by Crippen LogP contribution is 2.49. The number of ether oxygens (including phenoxy) is 1. The van der Waals surface area contributed by atoms with Crippen molar-refractivity contribution in [2.75, 3.05) is 7.11 Å². The van der Waals surface area contributed by atoms with Crippen LogP contribution in [-0.4, -0.2) is 35.5 Å². The van der Waals surface area contributed by atoms with Crippen LogP contribution in [0.3, 0.4) is 0 Å². The van der Waals surface area contributed by atoms with E-state index < -0.39 is 5.60 Å². The molecule has 0 aromatic rings. The number of carbonyl (C=O) groups excluding carboxylic acids is 1. The SMILES string of the molecule is COC(=O)C(C)C1CCC(C)(CCC=C(C)CCC2(O)C(C)CCCC2(C)C)OO1. The van der Waals surface area contributed by atoms with Gasteiger partial charge in [0.15, 0.2) is 0 Å². The summed E-state index contributed by atoms with van der Waals surface area (Å²) in [5.41, 5.74) is 0.387. The fourth-order valence-corrected chi connectivity index (χ4v) is 5.22. The second-order valence-corrected chi connectivity index (χ2v) is 10.7. The highest BCUT2D eigenvalue weighted by atomic mass is 17.2. The van der Waals surface area contributed by atoms with E-state index in [1.54, 1.807) is 0 Å². The molecule has 0 radical (unpaired) electrons. The van der Waals surface area contributed by atoms with Gasteiger partial charge in [0, 0.05) is 0 Å². The van der Waals surface area contributed by atoms with Crippen molar-refractivity contribution in [3.63, 3.8) is 0 Å². The van der Waals surface area contributed by atoms with Crippen molar-refractivity contribution < 1.29 is 24.4 Å². The molecule has 5 heteroatoms. The van der Waals surface area contributed by atoms with Gasteiger partial charge in [-0.05, 0) is 83.5 Å². The van der Waals surface area contributed by atoms with Gasteiger partial charge in [-0.2, -0.15) is 0 Å². The van der Waals surface area contributed by atoms with Crippen molar-refractivity contribution >= 4 is 5.97 Å². The molecule has 0 spiro atoms. The van der Waals surface area contributed by atoms with Gasteiger partial charge in [0.05, 0.1) is 18.6 Å². The van der Waals surface area contributed by atoms with E-state index in [2.05, 4.69) is 40.7 Å². The minimum absolute atomic E-state index is 0.0242. The summed E-state index contributed by atoms with van der Waals surface area (Å²) in [5.74, 6) is -0.233. The molecule has 30 heavy (non-hydrogen) atoms. The van der Waals surface area contributed by atoms with Crippen LogP contribution in [-0.2, 0) is 19.3 Å². The van der Waals surface area contributed by atoms with Crippen LogP contribution >= 0.6 is 0 Å². The lowest BCUT2D eigenvalue weighted by atomic mass is 9.59. The predicted molar refractivity (Wildman–Crippen MR) is 119 cm³/mol. The van der Waals surface area contributed by atoms with Gasteiger partial charge < -0.3 is 9.84 Å². The van der Waals surface area contributed by atoms with E-state index in [1.807, 2.05) is 6.92 Å². The fraction of sp³-hybridized carbons (Fsp3) is 0.880. The molecule has 0 aromatic carbocycles. The first-order chi connectivity index (χ1) is 13.9. The van der Waals surface area contributed by atoms with Gasteiger partial charge in [-0.25, -0.2) is 9.78 Å². The maximum Gasteiger partial charge on any atom is 0.311 e. The molecule has 1 saturated heterocycles. The summed E-state index contributed by atoms with van der Waals surface area (Å²) in [4.78, 5) is 23.0. The molecule has 174 valence electrons. The van der Waals surface area contributed by atoms with Crippen LogP contribution in [0.5, 0.6) is 0 Å². The molecule has 0 amide bonds. The Morgan fingerprint density at radius 2 is 1.93 bits per heavy atom. The molecule has 0 bridgehead atoms. The Bertz CT molecular complexity index is 603. The first-order valence-electron chi connectivity index (χ1n) is 11.7. The van der Waals surface area contributed by atoms with Gasteiger partial charge in [0.25, 0.3) is 0 Å². The number of hydrogen-bond acceptors (Lipinski definition) is 5. The molecule has 1 N–H and O–H groups in total. The maximum atomic E-state index is 11.7. The molecular formula is C25H44O5. The lowest BCUT2D eigenvalue weighted by Gasteiger charge is -2.51. The maximum absolute atomic E-state index is 11.7. The summed E-state index contributed by atoms with van der Waals surface area (Å²) < 4.78 is 4.80. The standard InChI is InChI=1S/C25H44O5/c1-18(12-17-25(27)19(2)11-9-14-23(25,4)5)10-8-15-24(6)16-13-21(29-30-24)20(3)22(26)28-7/h10,19-21,27H,8-9,11-17H2,1-7H3. The molecule has 1 aliphatic carbocycles. The van der Waals surface area contributed by atoms with Gasteiger partial charge in [-0.1, -0.05) is 38.8 Å². The third kappa shape index (κ3) is 5.86. The summed E-state index contributed by atoms with van der Waals surface area (Å²) in [5, 5.41) is 11.4. The van der Waals surface area contributed by atoms with Crippen molar-refractivity contribution in [3.05, 3.63) is 11.6 Å². The molecule has 2 fully saturated rings. The lowest BCUT2D eigenvalue weighted by Crippen LogP contribution is -2.52. The van der Waals surface area contributed by atoms with E-state index in [9.17, 15) is 9.90 Å². The fourth-order valence-electron chi connectivity index (χ4n) is 5.22. The third-order valence-corrected chi connectivity index (χ3v) is 7.95. The van der Waals surface area contributed by atoms with Gasteiger partial charge in [0.1, 0.15) is 11.7 Å². The largest absolute Gasteiger partial charge is 0.469 e. The van der Waals surface area contributed by atoms with Crippen molar-refractivity contribution in [3.8, 4) is 0 Å². The molecule has 5 unspecified atom stereocenters. The zero-order valence-corrected chi connectivity index (χ0v) is 20.3. The number of allylic oxidation sites excluding steroid dienone is 2. The summed E-state index contributed by atoms with van der Waals surface area (Å²) >= 11 is 0. The average molecular weight is 425 g/mol. The van der Waals surface area contributed by atoms with E-state index in [4.69, 9.17) is 14.5 Å². The average Bonchev–Trinajstić information content (AvgIpc) is 2.70. The van der Waals surface area contributed by atoms with Crippen LogP contribution in [0.25, 0.3) is 0 Å². The van der Waals surface area contributed by atoms with Crippen molar-refractivity contribution in [1.82, 2.24) is 0 Å². The van der Waals surface area contributed by atoms with E-state index in [0.29, 0.717) is 5.92 Å². The highest BCUT2D eigenvalue weighted by molar-refractivity contribution is 5.72. The molecule has 2 rings (SSSR count). The highest BCUT2D eigenvalue weighted by Gasteiger charge is 2.48. The third-order valence-electron chi connectivity index (χ3n) is 7.95. The van der Waals surface area contributed by atoms with E-state index >= 15 is 0 Å². The van der Waals surface area contributed by atoms with Crippen LogP contribution in [0.2, 0.25) is 0 Å². The Kier molecular flexibility index (Phi) is 8.57. The van der Waals surface area contributed by atoms with E-state index in [0.717, 1.165) is 51.4 Å².